The third kappa shape index (κ3) is 2.49. The fourth-order valence-electron chi connectivity index (χ4n) is 2.92. The standard InChI is InChI=1S/C12H20FN3O/c1-3-15-11(14-2)17-9-12-5-4-6-16(12)8-10(13)7-12/h3,10H,4-9H2,1-2H3/b14-11?,15-3-/t10-,12+/m1/s1. The van der Waals surface area contributed by atoms with Gasteiger partial charge in [-0.05, 0) is 26.3 Å². The van der Waals surface area contributed by atoms with Crippen molar-refractivity contribution in [3.8, 4) is 0 Å². The monoisotopic (exact) mass is 241 g/mol. The molecule has 0 aromatic heterocycles. The summed E-state index contributed by atoms with van der Waals surface area (Å²) in [5.74, 6) is 0. The Morgan fingerprint density at radius 2 is 2.47 bits per heavy atom. The number of amidine groups is 1. The predicted molar refractivity (Wildman–Crippen MR) is 66.5 cm³/mol. The molecule has 0 N–H and O–H groups in total. The first-order valence-electron chi connectivity index (χ1n) is 6.17. The van der Waals surface area contributed by atoms with Crippen LogP contribution in [-0.4, -0.2) is 55.6 Å². The van der Waals surface area contributed by atoms with E-state index in [1.54, 1.807) is 13.3 Å². The Balaban J connectivity index is 1.97. The molecule has 5 heteroatoms. The second kappa shape index (κ2) is 5.12. The highest BCUT2D eigenvalue weighted by molar-refractivity contribution is 5.82. The molecule has 2 heterocycles. The normalized spacial score (nSPS) is 34.5. The van der Waals surface area contributed by atoms with Crippen LogP contribution in [0, 0.1) is 0 Å². The average Bonchev–Trinajstić information content (AvgIpc) is 2.80. The van der Waals surface area contributed by atoms with Crippen molar-refractivity contribution in [2.45, 2.75) is 37.9 Å². The van der Waals surface area contributed by atoms with Gasteiger partial charge in [0, 0.05) is 26.2 Å². The van der Waals surface area contributed by atoms with E-state index in [0.717, 1.165) is 19.4 Å². The van der Waals surface area contributed by atoms with Gasteiger partial charge < -0.3 is 4.74 Å². The van der Waals surface area contributed by atoms with Gasteiger partial charge in [-0.3, -0.25) is 4.90 Å². The highest BCUT2D eigenvalue weighted by atomic mass is 19.1. The van der Waals surface area contributed by atoms with Crippen LogP contribution >= 0.6 is 0 Å². The maximum absolute atomic E-state index is 13.5. The zero-order chi connectivity index (χ0) is 12.3. The van der Waals surface area contributed by atoms with E-state index in [-0.39, 0.29) is 5.54 Å². The largest absolute Gasteiger partial charge is 0.462 e. The summed E-state index contributed by atoms with van der Waals surface area (Å²) in [4.78, 5) is 10.2. The van der Waals surface area contributed by atoms with Gasteiger partial charge in [-0.25, -0.2) is 14.4 Å². The van der Waals surface area contributed by atoms with Crippen molar-refractivity contribution in [3.05, 3.63) is 0 Å². The molecule has 0 saturated carbocycles. The van der Waals surface area contributed by atoms with E-state index < -0.39 is 6.17 Å². The summed E-state index contributed by atoms with van der Waals surface area (Å²) in [6.07, 6.45) is 3.67. The molecule has 17 heavy (non-hydrogen) atoms. The van der Waals surface area contributed by atoms with Gasteiger partial charge in [-0.1, -0.05) is 0 Å². The van der Waals surface area contributed by atoms with Gasteiger partial charge in [-0.15, -0.1) is 0 Å². The number of alkyl halides is 1. The minimum atomic E-state index is -0.712. The van der Waals surface area contributed by atoms with Crippen molar-refractivity contribution in [3.63, 3.8) is 0 Å². The van der Waals surface area contributed by atoms with Crippen molar-refractivity contribution in [2.24, 2.45) is 9.98 Å². The molecule has 0 aromatic carbocycles. The van der Waals surface area contributed by atoms with E-state index >= 15 is 0 Å². The molecule has 0 aromatic rings. The third-order valence-corrected chi connectivity index (χ3v) is 3.66. The molecule has 4 nitrogen and oxygen atoms in total. The fraction of sp³-hybridized carbons (Fsp3) is 0.833. The molecule has 2 aliphatic rings. The molecule has 2 fully saturated rings. The van der Waals surface area contributed by atoms with Gasteiger partial charge in [0.15, 0.2) is 0 Å². The number of ether oxygens (including phenoxy) is 1. The Bertz CT molecular complexity index is 332. The third-order valence-electron chi connectivity index (χ3n) is 3.66. The van der Waals surface area contributed by atoms with Crippen molar-refractivity contribution < 1.29 is 9.13 Å². The van der Waals surface area contributed by atoms with Crippen LogP contribution in [-0.2, 0) is 4.74 Å². The average molecular weight is 241 g/mol. The Kier molecular flexibility index (Phi) is 3.76. The van der Waals surface area contributed by atoms with E-state index in [0.29, 0.717) is 25.6 Å². The molecule has 2 rings (SSSR count). The lowest BCUT2D eigenvalue weighted by atomic mass is 9.95. The SMILES string of the molecule is C/C=N\C(=NC)OC[C@@]12CCCN1C[C@H](F)C2. The van der Waals surface area contributed by atoms with Crippen LogP contribution in [0.5, 0.6) is 0 Å². The first-order chi connectivity index (χ1) is 8.20. The van der Waals surface area contributed by atoms with Crippen LogP contribution < -0.4 is 0 Å². The minimum Gasteiger partial charge on any atom is -0.462 e. The summed E-state index contributed by atoms with van der Waals surface area (Å²) in [7, 11) is 1.65. The zero-order valence-corrected chi connectivity index (χ0v) is 10.5. The zero-order valence-electron chi connectivity index (χ0n) is 10.5. The van der Waals surface area contributed by atoms with Gasteiger partial charge in [0.05, 0.1) is 5.54 Å². The predicted octanol–water partition coefficient (Wildman–Crippen LogP) is 1.66. The lowest BCUT2D eigenvalue weighted by Crippen LogP contribution is -2.42. The molecule has 0 aliphatic carbocycles. The molecular weight excluding hydrogens is 221 g/mol. The van der Waals surface area contributed by atoms with Crippen molar-refractivity contribution in [1.82, 2.24) is 4.90 Å². The van der Waals surface area contributed by atoms with Gasteiger partial charge in [0.1, 0.15) is 12.8 Å². The summed E-state index contributed by atoms with van der Waals surface area (Å²) in [5, 5.41) is 0. The van der Waals surface area contributed by atoms with E-state index in [2.05, 4.69) is 14.9 Å². The topological polar surface area (TPSA) is 37.2 Å². The summed E-state index contributed by atoms with van der Waals surface area (Å²) in [5.41, 5.74) is -0.112. The number of aliphatic imine (C=N–C) groups is 2. The second-order valence-corrected chi connectivity index (χ2v) is 4.76. The molecule has 2 atom stereocenters. The maximum atomic E-state index is 13.5. The van der Waals surface area contributed by atoms with Crippen molar-refractivity contribution in [2.75, 3.05) is 26.7 Å². The van der Waals surface area contributed by atoms with Crippen LogP contribution in [0.2, 0.25) is 0 Å². The molecular formula is C12H20FN3O. The van der Waals surface area contributed by atoms with Gasteiger partial charge >= 0.3 is 6.02 Å². The number of fused-ring (bicyclic) bond motifs is 1. The van der Waals surface area contributed by atoms with Gasteiger partial charge in [0.25, 0.3) is 0 Å². The lowest BCUT2D eigenvalue weighted by Gasteiger charge is -2.30. The second-order valence-electron chi connectivity index (χ2n) is 4.76. The van der Waals surface area contributed by atoms with Gasteiger partial charge in [-0.2, -0.15) is 0 Å². The number of nitrogens with zero attached hydrogens (tertiary/aromatic N) is 3. The first-order valence-corrected chi connectivity index (χ1v) is 6.17. The van der Waals surface area contributed by atoms with E-state index in [1.165, 1.54) is 0 Å². The number of hydrogen-bond acceptors (Lipinski definition) is 3. The summed E-state index contributed by atoms with van der Waals surface area (Å²) in [6.45, 7) is 3.86. The van der Waals surface area contributed by atoms with Crippen LogP contribution in [0.1, 0.15) is 26.2 Å². The fourth-order valence-corrected chi connectivity index (χ4v) is 2.92. The summed E-state index contributed by atoms with van der Waals surface area (Å²) >= 11 is 0. The van der Waals surface area contributed by atoms with E-state index in [9.17, 15) is 4.39 Å². The number of halogens is 1. The quantitative estimate of drug-likeness (QED) is 0.544. The maximum Gasteiger partial charge on any atom is 0.311 e. The highest BCUT2D eigenvalue weighted by Crippen LogP contribution is 2.40. The Morgan fingerprint density at radius 3 is 3.18 bits per heavy atom. The van der Waals surface area contributed by atoms with Crippen molar-refractivity contribution >= 4 is 12.2 Å². The Hall–Kier alpha value is -0.970. The lowest BCUT2D eigenvalue weighted by molar-refractivity contribution is 0.106. The van der Waals surface area contributed by atoms with Crippen LogP contribution in [0.4, 0.5) is 4.39 Å². The Morgan fingerprint density at radius 1 is 1.65 bits per heavy atom. The summed E-state index contributed by atoms with van der Waals surface area (Å²) < 4.78 is 19.1. The number of hydrogen-bond donors (Lipinski definition) is 0. The van der Waals surface area contributed by atoms with Gasteiger partial charge in [0.2, 0.25) is 0 Å². The molecule has 0 spiro atoms. The van der Waals surface area contributed by atoms with E-state index in [4.69, 9.17) is 4.74 Å². The van der Waals surface area contributed by atoms with E-state index in [1.807, 2.05) is 6.92 Å². The molecule has 0 amide bonds. The Labute approximate surface area is 102 Å². The van der Waals surface area contributed by atoms with Crippen LogP contribution in [0.15, 0.2) is 9.98 Å². The summed E-state index contributed by atoms with van der Waals surface area (Å²) in [6, 6.07) is 0.385. The smallest absolute Gasteiger partial charge is 0.311 e. The molecule has 2 aliphatic heterocycles. The minimum absolute atomic E-state index is 0.112. The first kappa shape index (κ1) is 12.5. The number of rotatable bonds is 2. The molecule has 0 unspecified atom stereocenters. The van der Waals surface area contributed by atoms with Crippen LogP contribution in [0.25, 0.3) is 0 Å². The molecule has 0 radical (unpaired) electrons. The molecule has 0 bridgehead atoms. The molecule has 96 valence electrons. The highest BCUT2D eigenvalue weighted by Gasteiger charge is 2.49. The van der Waals surface area contributed by atoms with Crippen LogP contribution in [0.3, 0.4) is 0 Å². The van der Waals surface area contributed by atoms with Crippen molar-refractivity contribution in [1.29, 1.82) is 0 Å². The molecule has 2 saturated heterocycles.